The monoisotopic (exact) mass is 251 g/mol. The summed E-state index contributed by atoms with van der Waals surface area (Å²) >= 11 is 1.96. The second kappa shape index (κ2) is 5.32. The third kappa shape index (κ3) is 2.45. The van der Waals surface area contributed by atoms with Gasteiger partial charge in [0, 0.05) is 16.2 Å². The Balaban J connectivity index is 2.38. The van der Waals surface area contributed by atoms with Crippen molar-refractivity contribution >= 4 is 11.8 Å². The van der Waals surface area contributed by atoms with Crippen molar-refractivity contribution in [2.45, 2.75) is 37.0 Å². The van der Waals surface area contributed by atoms with Crippen LogP contribution < -0.4 is 10.1 Å². The summed E-state index contributed by atoms with van der Waals surface area (Å²) < 4.78 is 5.30. The van der Waals surface area contributed by atoms with Crippen LogP contribution in [0.1, 0.15) is 32.4 Å². The number of hydrogen-bond donors (Lipinski definition) is 1. The Kier molecular flexibility index (Phi) is 4.00. The van der Waals surface area contributed by atoms with Gasteiger partial charge in [-0.2, -0.15) is 0 Å². The van der Waals surface area contributed by atoms with E-state index in [1.54, 1.807) is 7.11 Å². The fourth-order valence-corrected chi connectivity index (χ4v) is 3.67. The number of thioether (sulfide) groups is 1. The first-order valence-electron chi connectivity index (χ1n) is 6.25. The molecular formula is C14H21NOS. The number of fused-ring (bicyclic) bond motifs is 1. The van der Waals surface area contributed by atoms with Gasteiger partial charge in [-0.05, 0) is 30.2 Å². The maximum atomic E-state index is 5.30. The molecule has 0 saturated carbocycles. The van der Waals surface area contributed by atoms with E-state index in [-0.39, 0.29) is 0 Å². The Morgan fingerprint density at radius 2 is 2.12 bits per heavy atom. The Hall–Kier alpha value is -0.670. The molecule has 0 saturated heterocycles. The molecule has 0 aromatic heterocycles. The van der Waals surface area contributed by atoms with Gasteiger partial charge in [-0.3, -0.25) is 0 Å². The Morgan fingerprint density at radius 1 is 1.35 bits per heavy atom. The third-order valence-electron chi connectivity index (χ3n) is 3.56. The summed E-state index contributed by atoms with van der Waals surface area (Å²) in [5.74, 6) is 1.61. The second-order valence-electron chi connectivity index (χ2n) is 4.62. The standard InChI is InChI=1S/C14H21NOS/c1-5-15-14-9(2)10(3)17-13-8-11(16-4)6-7-12(13)14/h6-10,14-15H,5H2,1-4H3. The van der Waals surface area contributed by atoms with Crippen molar-refractivity contribution in [3.63, 3.8) is 0 Å². The maximum Gasteiger partial charge on any atom is 0.119 e. The van der Waals surface area contributed by atoms with Crippen molar-refractivity contribution in [1.29, 1.82) is 0 Å². The van der Waals surface area contributed by atoms with Gasteiger partial charge in [-0.25, -0.2) is 0 Å². The predicted octanol–water partition coefficient (Wildman–Crippen LogP) is 3.48. The van der Waals surface area contributed by atoms with Gasteiger partial charge < -0.3 is 10.1 Å². The van der Waals surface area contributed by atoms with E-state index >= 15 is 0 Å². The molecule has 1 aromatic carbocycles. The molecule has 2 rings (SSSR count). The van der Waals surface area contributed by atoms with Gasteiger partial charge in [0.05, 0.1) is 7.11 Å². The highest BCUT2D eigenvalue weighted by atomic mass is 32.2. The zero-order valence-electron chi connectivity index (χ0n) is 11.0. The molecular weight excluding hydrogens is 230 g/mol. The molecule has 1 heterocycles. The van der Waals surface area contributed by atoms with Crippen LogP contribution in [0.2, 0.25) is 0 Å². The lowest BCUT2D eigenvalue weighted by Gasteiger charge is -2.36. The molecule has 0 amide bonds. The highest BCUT2D eigenvalue weighted by molar-refractivity contribution is 8.00. The number of methoxy groups -OCH3 is 1. The van der Waals surface area contributed by atoms with E-state index in [1.165, 1.54) is 10.5 Å². The third-order valence-corrected chi connectivity index (χ3v) is 4.97. The molecule has 0 radical (unpaired) electrons. The summed E-state index contributed by atoms with van der Waals surface area (Å²) in [6.07, 6.45) is 0. The molecule has 17 heavy (non-hydrogen) atoms. The summed E-state index contributed by atoms with van der Waals surface area (Å²) in [5.41, 5.74) is 1.42. The van der Waals surface area contributed by atoms with E-state index in [2.05, 4.69) is 44.3 Å². The Labute approximate surface area is 108 Å². The van der Waals surface area contributed by atoms with Crippen molar-refractivity contribution in [3.05, 3.63) is 23.8 Å². The zero-order chi connectivity index (χ0) is 12.4. The number of ether oxygens (including phenoxy) is 1. The average Bonchev–Trinajstić information content (AvgIpc) is 2.34. The van der Waals surface area contributed by atoms with Crippen molar-refractivity contribution in [3.8, 4) is 5.75 Å². The number of hydrogen-bond acceptors (Lipinski definition) is 3. The van der Waals surface area contributed by atoms with E-state index in [4.69, 9.17) is 4.74 Å². The van der Waals surface area contributed by atoms with Crippen molar-refractivity contribution in [2.24, 2.45) is 5.92 Å². The topological polar surface area (TPSA) is 21.3 Å². The van der Waals surface area contributed by atoms with E-state index in [0.717, 1.165) is 12.3 Å². The van der Waals surface area contributed by atoms with E-state index in [1.807, 2.05) is 11.8 Å². The fraction of sp³-hybridized carbons (Fsp3) is 0.571. The van der Waals surface area contributed by atoms with Crippen LogP contribution in [-0.2, 0) is 0 Å². The minimum Gasteiger partial charge on any atom is -0.497 e. The number of nitrogens with one attached hydrogen (secondary N) is 1. The first-order chi connectivity index (χ1) is 8.17. The van der Waals surface area contributed by atoms with Crippen LogP contribution >= 0.6 is 11.8 Å². The van der Waals surface area contributed by atoms with E-state index < -0.39 is 0 Å². The van der Waals surface area contributed by atoms with Crippen molar-refractivity contribution in [1.82, 2.24) is 5.32 Å². The minimum atomic E-state index is 0.470. The van der Waals surface area contributed by atoms with Gasteiger partial charge in [0.15, 0.2) is 0 Å². The van der Waals surface area contributed by atoms with Crippen LogP contribution in [-0.4, -0.2) is 18.9 Å². The molecule has 3 atom stereocenters. The summed E-state index contributed by atoms with van der Waals surface area (Å²) in [7, 11) is 1.73. The molecule has 1 aromatic rings. The first-order valence-corrected chi connectivity index (χ1v) is 7.13. The first kappa shape index (κ1) is 12.8. The van der Waals surface area contributed by atoms with Crippen LogP contribution in [0.3, 0.4) is 0 Å². The smallest absolute Gasteiger partial charge is 0.119 e. The lowest BCUT2D eigenvalue weighted by atomic mass is 9.91. The van der Waals surface area contributed by atoms with Gasteiger partial charge in [-0.1, -0.05) is 26.8 Å². The zero-order valence-corrected chi connectivity index (χ0v) is 11.8. The molecule has 0 bridgehead atoms. The molecule has 1 aliphatic heterocycles. The Bertz CT molecular complexity index is 394. The predicted molar refractivity (Wildman–Crippen MR) is 73.9 cm³/mol. The van der Waals surface area contributed by atoms with Gasteiger partial charge in [0.2, 0.25) is 0 Å². The molecule has 0 aliphatic carbocycles. The molecule has 1 aliphatic rings. The minimum absolute atomic E-state index is 0.470. The van der Waals surface area contributed by atoms with Crippen LogP contribution in [0, 0.1) is 5.92 Å². The number of rotatable bonds is 3. The average molecular weight is 251 g/mol. The van der Waals surface area contributed by atoms with Crippen LogP contribution in [0.4, 0.5) is 0 Å². The lowest BCUT2D eigenvalue weighted by molar-refractivity contribution is 0.376. The molecule has 1 N–H and O–H groups in total. The second-order valence-corrected chi connectivity index (χ2v) is 6.04. The van der Waals surface area contributed by atoms with Crippen LogP contribution in [0.25, 0.3) is 0 Å². The van der Waals surface area contributed by atoms with Gasteiger partial charge in [0.1, 0.15) is 5.75 Å². The molecule has 94 valence electrons. The van der Waals surface area contributed by atoms with Crippen molar-refractivity contribution in [2.75, 3.05) is 13.7 Å². The fourth-order valence-electron chi connectivity index (χ4n) is 2.38. The molecule has 2 nitrogen and oxygen atoms in total. The Morgan fingerprint density at radius 3 is 2.76 bits per heavy atom. The van der Waals surface area contributed by atoms with E-state index in [0.29, 0.717) is 17.2 Å². The van der Waals surface area contributed by atoms with Gasteiger partial charge in [-0.15, -0.1) is 11.8 Å². The summed E-state index contributed by atoms with van der Waals surface area (Å²) in [5, 5.41) is 4.24. The van der Waals surface area contributed by atoms with Crippen molar-refractivity contribution < 1.29 is 4.74 Å². The molecule has 3 unspecified atom stereocenters. The largest absolute Gasteiger partial charge is 0.497 e. The molecule has 0 spiro atoms. The number of benzene rings is 1. The highest BCUT2D eigenvalue weighted by Crippen LogP contribution is 2.45. The van der Waals surface area contributed by atoms with Crippen LogP contribution in [0.5, 0.6) is 5.75 Å². The highest BCUT2D eigenvalue weighted by Gasteiger charge is 2.31. The molecule has 0 fully saturated rings. The summed E-state index contributed by atoms with van der Waals surface area (Å²) in [6.45, 7) is 7.82. The summed E-state index contributed by atoms with van der Waals surface area (Å²) in [6, 6.07) is 6.90. The van der Waals surface area contributed by atoms with Gasteiger partial charge >= 0.3 is 0 Å². The van der Waals surface area contributed by atoms with Crippen LogP contribution in [0.15, 0.2) is 23.1 Å². The summed E-state index contributed by atoms with van der Waals surface area (Å²) in [4.78, 5) is 1.36. The maximum absolute atomic E-state index is 5.30. The lowest BCUT2D eigenvalue weighted by Crippen LogP contribution is -2.34. The van der Waals surface area contributed by atoms with E-state index in [9.17, 15) is 0 Å². The SMILES string of the molecule is CCNC1c2ccc(OC)cc2SC(C)C1C. The van der Waals surface area contributed by atoms with Gasteiger partial charge in [0.25, 0.3) is 0 Å². The molecule has 3 heteroatoms. The quantitative estimate of drug-likeness (QED) is 0.888. The normalized spacial score (nSPS) is 27.6.